The van der Waals surface area contributed by atoms with Gasteiger partial charge < -0.3 is 10.6 Å². The molecule has 1 amide bonds. The van der Waals surface area contributed by atoms with E-state index in [4.69, 9.17) is 0 Å². The molecule has 0 unspecified atom stereocenters. The van der Waals surface area contributed by atoms with Crippen LogP contribution in [0.1, 0.15) is 47.3 Å². The van der Waals surface area contributed by atoms with Gasteiger partial charge in [-0.15, -0.1) is 0 Å². The van der Waals surface area contributed by atoms with Gasteiger partial charge in [-0.25, -0.2) is 9.97 Å². The molecule has 5 nitrogen and oxygen atoms in total. The second-order valence-electron chi connectivity index (χ2n) is 6.24. The van der Waals surface area contributed by atoms with Crippen molar-refractivity contribution in [3.8, 4) is 0 Å². The SMILES string of the molecule is Cc1cc(C)cc(NC(=O)c2cnc(NC3CCCC3)cn2)c1. The van der Waals surface area contributed by atoms with Crippen molar-refractivity contribution < 1.29 is 4.79 Å². The number of hydrogen-bond donors (Lipinski definition) is 2. The predicted octanol–water partition coefficient (Wildman–Crippen LogP) is 3.70. The van der Waals surface area contributed by atoms with Crippen LogP contribution in [0.2, 0.25) is 0 Å². The first-order chi connectivity index (χ1) is 11.1. The van der Waals surface area contributed by atoms with Crippen molar-refractivity contribution in [1.29, 1.82) is 0 Å². The van der Waals surface area contributed by atoms with Gasteiger partial charge in [-0.1, -0.05) is 18.9 Å². The number of carbonyl (C=O) groups excluding carboxylic acids is 1. The van der Waals surface area contributed by atoms with Crippen LogP contribution in [0, 0.1) is 13.8 Å². The Labute approximate surface area is 136 Å². The first-order valence-electron chi connectivity index (χ1n) is 8.08. The van der Waals surface area contributed by atoms with Crippen molar-refractivity contribution in [1.82, 2.24) is 9.97 Å². The van der Waals surface area contributed by atoms with Crippen molar-refractivity contribution in [3.63, 3.8) is 0 Å². The van der Waals surface area contributed by atoms with E-state index in [2.05, 4.69) is 26.7 Å². The van der Waals surface area contributed by atoms with Gasteiger partial charge in [0.05, 0.1) is 12.4 Å². The van der Waals surface area contributed by atoms with Crippen LogP contribution in [0.4, 0.5) is 11.5 Å². The summed E-state index contributed by atoms with van der Waals surface area (Å²) in [6.45, 7) is 4.01. The smallest absolute Gasteiger partial charge is 0.275 e. The number of nitrogens with zero attached hydrogens (tertiary/aromatic N) is 2. The van der Waals surface area contributed by atoms with E-state index < -0.39 is 0 Å². The van der Waals surface area contributed by atoms with Gasteiger partial charge in [-0.3, -0.25) is 4.79 Å². The molecule has 1 aliphatic rings. The Kier molecular flexibility index (Phi) is 4.55. The molecular weight excluding hydrogens is 288 g/mol. The molecule has 2 aromatic rings. The topological polar surface area (TPSA) is 66.9 Å². The quantitative estimate of drug-likeness (QED) is 0.903. The van der Waals surface area contributed by atoms with E-state index in [0.717, 1.165) is 22.6 Å². The van der Waals surface area contributed by atoms with Crippen LogP contribution < -0.4 is 10.6 Å². The lowest BCUT2D eigenvalue weighted by atomic mass is 10.1. The fourth-order valence-corrected chi connectivity index (χ4v) is 3.04. The van der Waals surface area contributed by atoms with Crippen LogP contribution >= 0.6 is 0 Å². The second kappa shape index (κ2) is 6.77. The Bertz CT molecular complexity index is 670. The second-order valence-corrected chi connectivity index (χ2v) is 6.24. The Morgan fingerprint density at radius 1 is 1.04 bits per heavy atom. The van der Waals surface area contributed by atoms with Crippen molar-refractivity contribution >= 4 is 17.4 Å². The largest absolute Gasteiger partial charge is 0.366 e. The van der Waals surface area contributed by atoms with E-state index in [0.29, 0.717) is 11.7 Å². The summed E-state index contributed by atoms with van der Waals surface area (Å²) in [5.74, 6) is 0.495. The number of aromatic nitrogens is 2. The zero-order valence-electron chi connectivity index (χ0n) is 13.6. The molecular formula is C18H22N4O. The molecule has 0 atom stereocenters. The summed E-state index contributed by atoms with van der Waals surface area (Å²) in [5.41, 5.74) is 3.33. The van der Waals surface area contributed by atoms with Gasteiger partial charge in [0, 0.05) is 11.7 Å². The fourth-order valence-electron chi connectivity index (χ4n) is 3.04. The van der Waals surface area contributed by atoms with Crippen LogP contribution in [0.15, 0.2) is 30.6 Å². The summed E-state index contributed by atoms with van der Waals surface area (Å²) in [5, 5.41) is 6.24. The maximum absolute atomic E-state index is 12.3. The van der Waals surface area contributed by atoms with E-state index in [9.17, 15) is 4.79 Å². The third-order valence-electron chi connectivity index (χ3n) is 4.07. The van der Waals surface area contributed by atoms with Gasteiger partial charge in [-0.05, 0) is 49.9 Å². The highest BCUT2D eigenvalue weighted by atomic mass is 16.1. The van der Waals surface area contributed by atoms with Crippen molar-refractivity contribution in [2.75, 3.05) is 10.6 Å². The molecule has 1 saturated carbocycles. The molecule has 23 heavy (non-hydrogen) atoms. The average Bonchev–Trinajstić information content (AvgIpc) is 3.00. The first-order valence-corrected chi connectivity index (χ1v) is 8.08. The van der Waals surface area contributed by atoms with Crippen LogP contribution in [0.3, 0.4) is 0 Å². The van der Waals surface area contributed by atoms with Gasteiger partial charge in [0.15, 0.2) is 0 Å². The predicted molar refractivity (Wildman–Crippen MR) is 91.8 cm³/mol. The van der Waals surface area contributed by atoms with Crippen LogP contribution in [0.5, 0.6) is 0 Å². The Morgan fingerprint density at radius 2 is 1.74 bits per heavy atom. The molecule has 1 heterocycles. The molecule has 1 aromatic heterocycles. The maximum Gasteiger partial charge on any atom is 0.275 e. The first kappa shape index (κ1) is 15.5. The summed E-state index contributed by atoms with van der Waals surface area (Å²) < 4.78 is 0. The Morgan fingerprint density at radius 3 is 2.35 bits per heavy atom. The van der Waals surface area contributed by atoms with Crippen LogP contribution in [-0.2, 0) is 0 Å². The average molecular weight is 310 g/mol. The molecule has 120 valence electrons. The molecule has 1 fully saturated rings. The summed E-state index contributed by atoms with van der Waals surface area (Å²) >= 11 is 0. The van der Waals surface area contributed by atoms with Gasteiger partial charge in [0.1, 0.15) is 11.5 Å². The third kappa shape index (κ3) is 4.06. The maximum atomic E-state index is 12.3. The van der Waals surface area contributed by atoms with Crippen molar-refractivity contribution in [2.45, 2.75) is 45.6 Å². The highest BCUT2D eigenvalue weighted by Gasteiger charge is 2.15. The lowest BCUT2D eigenvalue weighted by Gasteiger charge is -2.12. The number of benzene rings is 1. The van der Waals surface area contributed by atoms with Gasteiger partial charge >= 0.3 is 0 Å². The van der Waals surface area contributed by atoms with E-state index in [1.165, 1.54) is 31.9 Å². The zero-order valence-corrected chi connectivity index (χ0v) is 13.6. The minimum Gasteiger partial charge on any atom is -0.366 e. The number of amides is 1. The summed E-state index contributed by atoms with van der Waals surface area (Å²) in [6.07, 6.45) is 8.04. The van der Waals surface area contributed by atoms with Gasteiger partial charge in [0.25, 0.3) is 5.91 Å². The third-order valence-corrected chi connectivity index (χ3v) is 4.07. The van der Waals surface area contributed by atoms with Crippen LogP contribution in [0.25, 0.3) is 0 Å². The van der Waals surface area contributed by atoms with Gasteiger partial charge in [-0.2, -0.15) is 0 Å². The molecule has 0 aliphatic heterocycles. The van der Waals surface area contributed by atoms with Crippen LogP contribution in [-0.4, -0.2) is 21.9 Å². The lowest BCUT2D eigenvalue weighted by molar-refractivity contribution is 0.102. The fraction of sp³-hybridized carbons (Fsp3) is 0.389. The molecule has 0 radical (unpaired) electrons. The number of aryl methyl sites for hydroxylation is 2. The molecule has 1 aliphatic carbocycles. The highest BCUT2D eigenvalue weighted by Crippen LogP contribution is 2.21. The number of nitrogens with one attached hydrogen (secondary N) is 2. The van der Waals surface area contributed by atoms with Crippen molar-refractivity contribution in [2.24, 2.45) is 0 Å². The molecule has 0 saturated heterocycles. The summed E-state index contributed by atoms with van der Waals surface area (Å²) in [7, 11) is 0. The summed E-state index contributed by atoms with van der Waals surface area (Å²) in [6, 6.07) is 6.43. The molecule has 5 heteroatoms. The number of anilines is 2. The molecule has 3 rings (SSSR count). The van der Waals surface area contributed by atoms with Crippen molar-refractivity contribution in [3.05, 3.63) is 47.4 Å². The van der Waals surface area contributed by atoms with E-state index in [-0.39, 0.29) is 5.91 Å². The summed E-state index contributed by atoms with van der Waals surface area (Å²) in [4.78, 5) is 20.8. The van der Waals surface area contributed by atoms with E-state index in [1.807, 2.05) is 26.0 Å². The monoisotopic (exact) mass is 310 g/mol. The number of hydrogen-bond acceptors (Lipinski definition) is 4. The Hall–Kier alpha value is -2.43. The molecule has 2 N–H and O–H groups in total. The Balaban J connectivity index is 1.65. The van der Waals surface area contributed by atoms with E-state index >= 15 is 0 Å². The van der Waals surface area contributed by atoms with E-state index in [1.54, 1.807) is 6.20 Å². The standard InChI is InChI=1S/C18H22N4O/c1-12-7-13(2)9-15(8-12)22-18(23)16-10-20-17(11-19-16)21-14-5-3-4-6-14/h7-11,14H,3-6H2,1-2H3,(H,20,21)(H,22,23). The normalized spacial score (nSPS) is 14.7. The lowest BCUT2D eigenvalue weighted by Crippen LogP contribution is -2.17. The minimum absolute atomic E-state index is 0.241. The number of carbonyl (C=O) groups is 1. The molecule has 0 bridgehead atoms. The van der Waals surface area contributed by atoms with Gasteiger partial charge in [0.2, 0.25) is 0 Å². The zero-order chi connectivity index (χ0) is 16.2. The highest BCUT2D eigenvalue weighted by molar-refractivity contribution is 6.02. The molecule has 0 spiro atoms. The minimum atomic E-state index is -0.241. The number of rotatable bonds is 4. The molecule has 1 aromatic carbocycles.